The predicted octanol–water partition coefficient (Wildman–Crippen LogP) is 2.72. The van der Waals surface area contributed by atoms with Crippen molar-refractivity contribution in [2.45, 2.75) is 31.1 Å². The molecular formula is C24H18ClF3N4O4. The zero-order valence-corrected chi connectivity index (χ0v) is 19.3. The first kappa shape index (κ1) is 24.0. The number of benzene rings is 2. The van der Waals surface area contributed by atoms with Crippen LogP contribution in [0.1, 0.15) is 28.0 Å². The molecule has 186 valence electrons. The molecule has 5 rings (SSSR count). The summed E-state index contributed by atoms with van der Waals surface area (Å²) in [5.74, 6) is -4.42. The SMILES string of the molecule is O=C(C(=O)C(F)(F)F)N1C[C@@H]2C[C@H]1CN2C(=O)c1cc(Cc2n[nH]c(=O)c3ccccc23)ccc1Cl. The first-order valence-corrected chi connectivity index (χ1v) is 11.4. The van der Waals surface area contributed by atoms with Crippen molar-refractivity contribution >= 4 is 40.0 Å². The minimum atomic E-state index is -5.24. The molecule has 2 saturated heterocycles. The average molecular weight is 519 g/mol. The number of piperazine rings is 1. The number of rotatable bonds is 4. The van der Waals surface area contributed by atoms with Crippen molar-refractivity contribution < 1.29 is 27.6 Å². The van der Waals surface area contributed by atoms with Gasteiger partial charge in [0.05, 0.1) is 33.7 Å². The number of nitrogens with zero attached hydrogens (tertiary/aromatic N) is 3. The number of aromatic nitrogens is 2. The summed E-state index contributed by atoms with van der Waals surface area (Å²) in [5, 5.41) is 7.99. The number of ketones is 1. The smallest absolute Gasteiger partial charge is 0.332 e. The lowest BCUT2D eigenvalue weighted by Gasteiger charge is -2.34. The van der Waals surface area contributed by atoms with E-state index in [9.17, 15) is 32.3 Å². The van der Waals surface area contributed by atoms with Crippen LogP contribution < -0.4 is 5.56 Å². The molecule has 0 saturated carbocycles. The van der Waals surface area contributed by atoms with Crippen molar-refractivity contribution in [2.24, 2.45) is 0 Å². The fourth-order valence-corrected chi connectivity index (χ4v) is 5.12. The van der Waals surface area contributed by atoms with Crippen molar-refractivity contribution in [3.63, 3.8) is 0 Å². The summed E-state index contributed by atoms with van der Waals surface area (Å²) < 4.78 is 38.0. The Morgan fingerprint density at radius 1 is 1.03 bits per heavy atom. The lowest BCUT2D eigenvalue weighted by molar-refractivity contribution is -0.179. The van der Waals surface area contributed by atoms with E-state index in [1.807, 2.05) is 0 Å². The quantitative estimate of drug-likeness (QED) is 0.535. The zero-order valence-electron chi connectivity index (χ0n) is 18.5. The van der Waals surface area contributed by atoms with Gasteiger partial charge in [0.25, 0.3) is 17.4 Å². The number of nitrogens with one attached hydrogen (secondary N) is 1. The van der Waals surface area contributed by atoms with Gasteiger partial charge in [-0.1, -0.05) is 35.9 Å². The van der Waals surface area contributed by atoms with E-state index in [-0.39, 0.29) is 35.7 Å². The maximum Gasteiger partial charge on any atom is 0.460 e. The Hall–Kier alpha value is -3.73. The lowest BCUT2D eigenvalue weighted by atomic mass is 10.0. The van der Waals surface area contributed by atoms with Crippen LogP contribution in [0.15, 0.2) is 47.3 Å². The highest BCUT2D eigenvalue weighted by Crippen LogP contribution is 2.34. The fraction of sp³-hybridized carbons (Fsp3) is 0.292. The van der Waals surface area contributed by atoms with Crippen LogP contribution in [0.2, 0.25) is 5.02 Å². The highest BCUT2D eigenvalue weighted by molar-refractivity contribution is 6.38. The van der Waals surface area contributed by atoms with E-state index in [0.29, 0.717) is 28.5 Å². The molecule has 8 nitrogen and oxygen atoms in total. The average Bonchev–Trinajstić information content (AvgIpc) is 3.46. The molecule has 2 bridgehead atoms. The Bertz CT molecular complexity index is 1470. The van der Waals surface area contributed by atoms with Gasteiger partial charge in [0.1, 0.15) is 0 Å². The second-order valence-corrected chi connectivity index (χ2v) is 9.23. The van der Waals surface area contributed by atoms with Crippen LogP contribution in [0.25, 0.3) is 10.8 Å². The van der Waals surface area contributed by atoms with Crippen molar-refractivity contribution in [1.82, 2.24) is 20.0 Å². The second-order valence-electron chi connectivity index (χ2n) is 8.82. The molecule has 2 atom stereocenters. The molecule has 2 aromatic carbocycles. The summed E-state index contributed by atoms with van der Waals surface area (Å²) in [6, 6.07) is 10.8. The Morgan fingerprint density at radius 3 is 2.36 bits per heavy atom. The number of likely N-dealkylation sites (tertiary alicyclic amines) is 2. The molecule has 12 heteroatoms. The number of amides is 2. The molecule has 2 aliphatic heterocycles. The minimum Gasteiger partial charge on any atom is -0.332 e. The number of carbonyl (C=O) groups excluding carboxylic acids is 3. The van der Waals surface area contributed by atoms with Crippen molar-refractivity contribution in [1.29, 1.82) is 0 Å². The number of fused-ring (bicyclic) bond motifs is 3. The van der Waals surface area contributed by atoms with Crippen molar-refractivity contribution in [2.75, 3.05) is 13.1 Å². The second kappa shape index (κ2) is 8.74. The molecule has 2 amide bonds. The van der Waals surface area contributed by atoms with Crippen molar-refractivity contribution in [3.05, 3.63) is 74.7 Å². The Kier molecular flexibility index (Phi) is 5.82. The molecule has 1 N–H and O–H groups in total. The molecule has 1 aromatic heterocycles. The lowest BCUT2D eigenvalue weighted by Crippen LogP contribution is -2.53. The molecule has 0 spiro atoms. The van der Waals surface area contributed by atoms with Gasteiger partial charge in [-0.3, -0.25) is 19.2 Å². The summed E-state index contributed by atoms with van der Waals surface area (Å²) in [7, 11) is 0. The first-order chi connectivity index (χ1) is 17.0. The van der Waals surface area contributed by atoms with Gasteiger partial charge in [-0.2, -0.15) is 18.3 Å². The van der Waals surface area contributed by atoms with E-state index in [1.54, 1.807) is 42.5 Å². The standard InChI is InChI=1S/C24H18ClF3N4O4/c25-18-6-5-12(8-19-15-3-1-2-4-16(15)21(34)30-29-19)7-17(18)22(35)31-10-14-9-13(31)11-32(14)23(36)20(33)24(26,27)28/h1-7,13-14H,8-11H2,(H,30,34)/t13-,14-/m0/s1. The number of Topliss-reactive ketones (excluding diaryl/α,β-unsaturated/α-hetero) is 1. The number of aromatic amines is 1. The van der Waals surface area contributed by atoms with Gasteiger partial charge in [-0.25, -0.2) is 5.10 Å². The van der Waals surface area contributed by atoms with E-state index < -0.39 is 35.9 Å². The monoisotopic (exact) mass is 518 g/mol. The van der Waals surface area contributed by atoms with Crippen LogP contribution in [-0.2, 0) is 16.0 Å². The minimum absolute atomic E-state index is 0.00699. The molecule has 3 aromatic rings. The molecule has 0 unspecified atom stereocenters. The maximum atomic E-state index is 13.3. The van der Waals surface area contributed by atoms with Crippen LogP contribution in [0.3, 0.4) is 0 Å². The third-order valence-electron chi connectivity index (χ3n) is 6.62. The Morgan fingerprint density at radius 2 is 1.69 bits per heavy atom. The highest BCUT2D eigenvalue weighted by atomic mass is 35.5. The normalized spacial score (nSPS) is 19.2. The van der Waals surface area contributed by atoms with E-state index in [0.717, 1.165) is 4.90 Å². The third-order valence-corrected chi connectivity index (χ3v) is 6.95. The van der Waals surface area contributed by atoms with Gasteiger partial charge in [-0.15, -0.1) is 0 Å². The summed E-state index contributed by atoms with van der Waals surface area (Å²) >= 11 is 6.32. The molecule has 2 fully saturated rings. The van der Waals surface area contributed by atoms with Gasteiger partial charge in [0.2, 0.25) is 0 Å². The maximum absolute atomic E-state index is 13.3. The Labute approximate surface area is 206 Å². The van der Waals surface area contributed by atoms with Crippen LogP contribution in [-0.4, -0.2) is 68.9 Å². The van der Waals surface area contributed by atoms with Crippen molar-refractivity contribution in [3.8, 4) is 0 Å². The third kappa shape index (κ3) is 4.13. The van der Waals surface area contributed by atoms with Crippen LogP contribution in [0, 0.1) is 0 Å². The summed E-state index contributed by atoms with van der Waals surface area (Å²) in [6.07, 6.45) is -4.65. The number of H-pyrrole nitrogens is 1. The summed E-state index contributed by atoms with van der Waals surface area (Å²) in [4.78, 5) is 51.1. The van der Waals surface area contributed by atoms with E-state index in [2.05, 4.69) is 10.2 Å². The van der Waals surface area contributed by atoms with E-state index in [1.165, 1.54) is 4.90 Å². The summed E-state index contributed by atoms with van der Waals surface area (Å²) in [6.45, 7) is -0.144. The molecule has 0 radical (unpaired) electrons. The molecule has 0 aliphatic carbocycles. The number of carbonyl (C=O) groups is 3. The van der Waals surface area contributed by atoms with Crippen LogP contribution >= 0.6 is 11.6 Å². The number of alkyl halides is 3. The first-order valence-electron chi connectivity index (χ1n) is 11.0. The summed E-state index contributed by atoms with van der Waals surface area (Å²) in [5.41, 5.74) is 1.22. The fourth-order valence-electron chi connectivity index (χ4n) is 4.92. The number of hydrogen-bond donors (Lipinski definition) is 1. The van der Waals surface area contributed by atoms with E-state index >= 15 is 0 Å². The van der Waals surface area contributed by atoms with Gasteiger partial charge >= 0.3 is 12.0 Å². The number of hydrogen-bond acceptors (Lipinski definition) is 5. The largest absolute Gasteiger partial charge is 0.460 e. The number of halogens is 4. The van der Waals surface area contributed by atoms with Gasteiger partial charge < -0.3 is 9.80 Å². The molecule has 3 heterocycles. The van der Waals surface area contributed by atoms with Gasteiger partial charge in [0.15, 0.2) is 0 Å². The van der Waals surface area contributed by atoms with Gasteiger partial charge in [-0.05, 0) is 30.2 Å². The topological polar surface area (TPSA) is 103 Å². The predicted molar refractivity (Wildman–Crippen MR) is 123 cm³/mol. The highest BCUT2D eigenvalue weighted by Gasteiger charge is 2.53. The Balaban J connectivity index is 1.35. The zero-order chi connectivity index (χ0) is 25.8. The molecule has 36 heavy (non-hydrogen) atoms. The van der Waals surface area contributed by atoms with E-state index in [4.69, 9.17) is 11.6 Å². The van der Waals surface area contributed by atoms with Crippen LogP contribution in [0.4, 0.5) is 13.2 Å². The molecular weight excluding hydrogens is 501 g/mol. The van der Waals surface area contributed by atoms with Crippen LogP contribution in [0.5, 0.6) is 0 Å². The van der Waals surface area contributed by atoms with Gasteiger partial charge in [0, 0.05) is 24.9 Å². The molecule has 2 aliphatic rings.